The molecule has 2 nitrogen and oxygen atoms in total. The van der Waals surface area contributed by atoms with Gasteiger partial charge < -0.3 is 10.1 Å². The van der Waals surface area contributed by atoms with E-state index in [9.17, 15) is 0 Å². The van der Waals surface area contributed by atoms with Crippen molar-refractivity contribution in [1.82, 2.24) is 5.32 Å². The van der Waals surface area contributed by atoms with E-state index in [1.54, 1.807) is 0 Å². The number of nitrogens with one attached hydrogen (secondary N) is 1. The van der Waals surface area contributed by atoms with E-state index < -0.39 is 0 Å². The van der Waals surface area contributed by atoms with Crippen molar-refractivity contribution in [2.75, 3.05) is 13.7 Å². The molecule has 3 unspecified atom stereocenters. The SMILES string of the molecule is CNC(c1ccc(C(C)C)cc1)C1COC(C)C1. The maximum Gasteiger partial charge on any atom is 0.0551 e. The highest BCUT2D eigenvalue weighted by atomic mass is 16.5. The van der Waals surface area contributed by atoms with Gasteiger partial charge in [-0.1, -0.05) is 38.1 Å². The Balaban J connectivity index is 2.12. The average molecular weight is 247 g/mol. The summed E-state index contributed by atoms with van der Waals surface area (Å²) in [6.45, 7) is 7.50. The highest BCUT2D eigenvalue weighted by Crippen LogP contribution is 2.32. The molecule has 1 aromatic rings. The summed E-state index contributed by atoms with van der Waals surface area (Å²) in [6, 6.07) is 9.45. The Labute approximate surface area is 111 Å². The Bertz CT molecular complexity index is 371. The van der Waals surface area contributed by atoms with E-state index in [4.69, 9.17) is 4.74 Å². The fourth-order valence-corrected chi connectivity index (χ4v) is 2.85. The van der Waals surface area contributed by atoms with Crippen LogP contribution in [0.25, 0.3) is 0 Å². The van der Waals surface area contributed by atoms with Gasteiger partial charge in [-0.05, 0) is 37.4 Å². The summed E-state index contributed by atoms with van der Waals surface area (Å²) in [6.07, 6.45) is 1.55. The third kappa shape index (κ3) is 2.93. The van der Waals surface area contributed by atoms with Gasteiger partial charge >= 0.3 is 0 Å². The lowest BCUT2D eigenvalue weighted by atomic mass is 9.90. The summed E-state index contributed by atoms with van der Waals surface area (Å²) in [4.78, 5) is 0. The van der Waals surface area contributed by atoms with Crippen LogP contribution in [0.5, 0.6) is 0 Å². The van der Waals surface area contributed by atoms with E-state index in [0.717, 1.165) is 13.0 Å². The van der Waals surface area contributed by atoms with Gasteiger partial charge in [0.15, 0.2) is 0 Å². The predicted molar refractivity (Wildman–Crippen MR) is 75.9 cm³/mol. The Morgan fingerprint density at radius 1 is 1.17 bits per heavy atom. The largest absolute Gasteiger partial charge is 0.378 e. The molecule has 100 valence electrons. The molecule has 18 heavy (non-hydrogen) atoms. The molecule has 1 saturated heterocycles. The molecule has 0 radical (unpaired) electrons. The topological polar surface area (TPSA) is 21.3 Å². The van der Waals surface area contributed by atoms with Gasteiger partial charge in [0.1, 0.15) is 0 Å². The van der Waals surface area contributed by atoms with E-state index in [2.05, 4.69) is 50.4 Å². The third-order valence-electron chi connectivity index (χ3n) is 3.97. The molecule has 1 aliphatic rings. The van der Waals surface area contributed by atoms with Gasteiger partial charge in [0.2, 0.25) is 0 Å². The van der Waals surface area contributed by atoms with Crippen molar-refractivity contribution < 1.29 is 4.74 Å². The fraction of sp³-hybridized carbons (Fsp3) is 0.625. The zero-order valence-corrected chi connectivity index (χ0v) is 11.9. The first-order valence-electron chi connectivity index (χ1n) is 7.00. The molecular formula is C16H25NO. The van der Waals surface area contributed by atoms with E-state index in [1.165, 1.54) is 11.1 Å². The maximum absolute atomic E-state index is 5.69. The Morgan fingerprint density at radius 3 is 2.22 bits per heavy atom. The quantitative estimate of drug-likeness (QED) is 0.879. The minimum Gasteiger partial charge on any atom is -0.378 e. The van der Waals surface area contributed by atoms with Crippen LogP contribution in [0.2, 0.25) is 0 Å². The molecule has 1 aliphatic heterocycles. The summed E-state index contributed by atoms with van der Waals surface area (Å²) < 4.78 is 5.69. The molecular weight excluding hydrogens is 222 g/mol. The van der Waals surface area contributed by atoms with E-state index in [0.29, 0.717) is 24.0 Å². The van der Waals surface area contributed by atoms with Crippen molar-refractivity contribution in [3.05, 3.63) is 35.4 Å². The van der Waals surface area contributed by atoms with Crippen molar-refractivity contribution in [2.24, 2.45) is 5.92 Å². The molecule has 0 aromatic heterocycles. The van der Waals surface area contributed by atoms with Crippen LogP contribution in [0.15, 0.2) is 24.3 Å². The number of ether oxygens (including phenoxy) is 1. The van der Waals surface area contributed by atoms with Crippen LogP contribution >= 0.6 is 0 Å². The molecule has 1 N–H and O–H groups in total. The molecule has 0 spiro atoms. The predicted octanol–water partition coefficient (Wildman–Crippen LogP) is 3.50. The van der Waals surface area contributed by atoms with Gasteiger partial charge in [0.05, 0.1) is 12.7 Å². The standard InChI is InChI=1S/C16H25NO/c1-11(2)13-5-7-14(8-6-13)16(17-4)15-9-12(3)18-10-15/h5-8,11-12,15-17H,9-10H2,1-4H3. The second kappa shape index (κ2) is 5.85. The van der Waals surface area contributed by atoms with Gasteiger partial charge in [-0.3, -0.25) is 0 Å². The van der Waals surface area contributed by atoms with Crippen LogP contribution in [0.3, 0.4) is 0 Å². The summed E-state index contributed by atoms with van der Waals surface area (Å²) >= 11 is 0. The van der Waals surface area contributed by atoms with E-state index in [-0.39, 0.29) is 0 Å². The maximum atomic E-state index is 5.69. The Hall–Kier alpha value is -0.860. The summed E-state index contributed by atoms with van der Waals surface area (Å²) in [7, 11) is 2.05. The molecule has 2 heteroatoms. The van der Waals surface area contributed by atoms with Crippen molar-refractivity contribution >= 4 is 0 Å². The Morgan fingerprint density at radius 2 is 1.78 bits per heavy atom. The van der Waals surface area contributed by atoms with Gasteiger partial charge in [0.25, 0.3) is 0 Å². The first-order chi connectivity index (χ1) is 8.61. The molecule has 0 amide bonds. The summed E-state index contributed by atoms with van der Waals surface area (Å²) in [5.41, 5.74) is 2.79. The highest BCUT2D eigenvalue weighted by molar-refractivity contribution is 5.27. The monoisotopic (exact) mass is 247 g/mol. The number of rotatable bonds is 4. The van der Waals surface area contributed by atoms with Crippen molar-refractivity contribution in [3.63, 3.8) is 0 Å². The zero-order chi connectivity index (χ0) is 13.1. The van der Waals surface area contributed by atoms with Crippen LogP contribution in [-0.4, -0.2) is 19.8 Å². The van der Waals surface area contributed by atoms with Crippen LogP contribution in [0, 0.1) is 5.92 Å². The lowest BCUT2D eigenvalue weighted by Crippen LogP contribution is -2.25. The summed E-state index contributed by atoms with van der Waals surface area (Å²) in [5, 5.41) is 3.45. The van der Waals surface area contributed by atoms with Crippen molar-refractivity contribution in [2.45, 2.75) is 45.3 Å². The number of hydrogen-bond acceptors (Lipinski definition) is 2. The molecule has 2 rings (SSSR count). The minimum absolute atomic E-state index is 0.404. The van der Waals surface area contributed by atoms with Gasteiger partial charge in [0, 0.05) is 12.0 Å². The van der Waals surface area contributed by atoms with Crippen LogP contribution in [0.1, 0.15) is 50.3 Å². The second-order valence-corrected chi connectivity index (χ2v) is 5.73. The number of hydrogen-bond donors (Lipinski definition) is 1. The average Bonchev–Trinajstić information content (AvgIpc) is 2.77. The first-order valence-corrected chi connectivity index (χ1v) is 7.00. The summed E-state index contributed by atoms with van der Waals surface area (Å²) in [5.74, 6) is 1.19. The fourth-order valence-electron chi connectivity index (χ4n) is 2.85. The smallest absolute Gasteiger partial charge is 0.0551 e. The van der Waals surface area contributed by atoms with Crippen molar-refractivity contribution in [1.29, 1.82) is 0 Å². The molecule has 0 saturated carbocycles. The molecule has 0 aliphatic carbocycles. The van der Waals surface area contributed by atoms with Gasteiger partial charge in [-0.25, -0.2) is 0 Å². The lowest BCUT2D eigenvalue weighted by Gasteiger charge is -2.23. The minimum atomic E-state index is 0.404. The second-order valence-electron chi connectivity index (χ2n) is 5.73. The molecule has 1 aromatic carbocycles. The molecule has 1 fully saturated rings. The van der Waals surface area contributed by atoms with E-state index in [1.807, 2.05) is 7.05 Å². The first kappa shape index (κ1) is 13.6. The van der Waals surface area contributed by atoms with Gasteiger partial charge in [-0.2, -0.15) is 0 Å². The Kier molecular flexibility index (Phi) is 4.41. The number of benzene rings is 1. The van der Waals surface area contributed by atoms with Crippen LogP contribution in [-0.2, 0) is 4.74 Å². The molecule has 3 atom stereocenters. The highest BCUT2D eigenvalue weighted by Gasteiger charge is 2.29. The van der Waals surface area contributed by atoms with Crippen molar-refractivity contribution in [3.8, 4) is 0 Å². The lowest BCUT2D eigenvalue weighted by molar-refractivity contribution is 0.117. The van der Waals surface area contributed by atoms with E-state index >= 15 is 0 Å². The molecule has 1 heterocycles. The third-order valence-corrected chi connectivity index (χ3v) is 3.97. The normalized spacial score (nSPS) is 25.6. The molecule has 0 bridgehead atoms. The van der Waals surface area contributed by atoms with Crippen LogP contribution < -0.4 is 5.32 Å². The zero-order valence-electron chi connectivity index (χ0n) is 11.9. The van der Waals surface area contributed by atoms with Crippen LogP contribution in [0.4, 0.5) is 0 Å². The van der Waals surface area contributed by atoms with Gasteiger partial charge in [-0.15, -0.1) is 0 Å².